The number of nitrogens with two attached hydrogens (primary N) is 1. The molecule has 0 aliphatic heterocycles. The molecule has 0 unspecified atom stereocenters. The zero-order valence-electron chi connectivity index (χ0n) is 9.98. The number of hydrogen-bond acceptors (Lipinski definition) is 4. The van der Waals surface area contributed by atoms with E-state index in [4.69, 9.17) is 5.73 Å². The molecule has 0 atom stereocenters. The summed E-state index contributed by atoms with van der Waals surface area (Å²) < 4.78 is 0. The minimum absolute atomic E-state index is 0.0447. The Morgan fingerprint density at radius 2 is 2.19 bits per heavy atom. The summed E-state index contributed by atoms with van der Waals surface area (Å²) in [6.07, 6.45) is 6.29. The van der Waals surface area contributed by atoms with Crippen LogP contribution in [0.2, 0.25) is 0 Å². The van der Waals surface area contributed by atoms with Crippen LogP contribution in [0.4, 0.5) is 0 Å². The maximum absolute atomic E-state index is 6.43. The molecule has 0 bridgehead atoms. The molecule has 3 nitrogen and oxygen atoms in total. The Morgan fingerprint density at radius 1 is 1.44 bits per heavy atom. The number of nitrogens with zero attached hydrogens (tertiary/aromatic N) is 2. The van der Waals surface area contributed by atoms with Gasteiger partial charge in [0, 0.05) is 24.0 Å². The summed E-state index contributed by atoms with van der Waals surface area (Å²) in [5.41, 5.74) is 9.52. The van der Waals surface area contributed by atoms with Gasteiger partial charge in [-0.05, 0) is 19.9 Å². The van der Waals surface area contributed by atoms with Crippen molar-refractivity contribution in [1.82, 2.24) is 9.88 Å². The summed E-state index contributed by atoms with van der Waals surface area (Å²) in [6.45, 7) is 1.91. The lowest BCUT2D eigenvalue weighted by Crippen LogP contribution is -2.50. The molecule has 1 aliphatic carbocycles. The topological polar surface area (TPSA) is 42.2 Å². The highest BCUT2D eigenvalue weighted by molar-refractivity contribution is 7.07. The maximum Gasteiger partial charge on any atom is 0.0795 e. The third-order valence-electron chi connectivity index (χ3n) is 3.35. The van der Waals surface area contributed by atoms with Crippen LogP contribution in [-0.4, -0.2) is 29.0 Å². The zero-order chi connectivity index (χ0) is 11.4. The number of hydrogen-bond donors (Lipinski definition) is 1. The fourth-order valence-electron chi connectivity index (χ4n) is 2.60. The molecule has 16 heavy (non-hydrogen) atoms. The second-order valence-corrected chi connectivity index (χ2v) is 5.79. The van der Waals surface area contributed by atoms with Crippen molar-refractivity contribution < 1.29 is 0 Å². The van der Waals surface area contributed by atoms with Crippen LogP contribution in [0, 0.1) is 0 Å². The SMILES string of the molecule is CN(Cc1cscn1)CC1(N)CCCCC1. The highest BCUT2D eigenvalue weighted by Crippen LogP contribution is 2.26. The quantitative estimate of drug-likeness (QED) is 0.876. The van der Waals surface area contributed by atoms with Gasteiger partial charge in [0.2, 0.25) is 0 Å². The lowest BCUT2D eigenvalue weighted by atomic mass is 9.82. The second kappa shape index (κ2) is 5.25. The zero-order valence-corrected chi connectivity index (χ0v) is 10.8. The van der Waals surface area contributed by atoms with Crippen LogP contribution in [-0.2, 0) is 6.54 Å². The molecule has 2 rings (SSSR count). The second-order valence-electron chi connectivity index (χ2n) is 5.08. The van der Waals surface area contributed by atoms with E-state index in [1.807, 2.05) is 5.51 Å². The van der Waals surface area contributed by atoms with E-state index in [0.717, 1.165) is 18.8 Å². The summed E-state index contributed by atoms with van der Waals surface area (Å²) in [5, 5.41) is 2.11. The molecule has 0 radical (unpaired) electrons. The van der Waals surface area contributed by atoms with Crippen molar-refractivity contribution >= 4 is 11.3 Å². The summed E-state index contributed by atoms with van der Waals surface area (Å²) in [6, 6.07) is 0. The monoisotopic (exact) mass is 239 g/mol. The Hall–Kier alpha value is -0.450. The molecule has 1 heterocycles. The van der Waals surface area contributed by atoms with Crippen molar-refractivity contribution in [2.45, 2.75) is 44.2 Å². The van der Waals surface area contributed by atoms with Gasteiger partial charge < -0.3 is 5.73 Å². The summed E-state index contributed by atoms with van der Waals surface area (Å²) in [4.78, 5) is 6.61. The van der Waals surface area contributed by atoms with Crippen LogP contribution in [0.25, 0.3) is 0 Å². The first-order valence-electron chi connectivity index (χ1n) is 6.02. The van der Waals surface area contributed by atoms with E-state index in [-0.39, 0.29) is 5.54 Å². The third-order valence-corrected chi connectivity index (χ3v) is 3.98. The molecule has 0 saturated heterocycles. The molecule has 4 heteroatoms. The number of aromatic nitrogens is 1. The number of rotatable bonds is 4. The van der Waals surface area contributed by atoms with E-state index in [9.17, 15) is 0 Å². The summed E-state index contributed by atoms with van der Waals surface area (Å²) in [7, 11) is 2.14. The van der Waals surface area contributed by atoms with Crippen molar-refractivity contribution in [3.05, 3.63) is 16.6 Å². The summed E-state index contributed by atoms with van der Waals surface area (Å²) >= 11 is 1.66. The van der Waals surface area contributed by atoms with Gasteiger partial charge in [-0.25, -0.2) is 4.98 Å². The number of likely N-dealkylation sites (N-methyl/N-ethyl adjacent to an activating group) is 1. The highest BCUT2D eigenvalue weighted by Gasteiger charge is 2.28. The molecule has 2 N–H and O–H groups in total. The van der Waals surface area contributed by atoms with Gasteiger partial charge in [0.05, 0.1) is 11.2 Å². The van der Waals surface area contributed by atoms with Crippen LogP contribution in [0.1, 0.15) is 37.8 Å². The Labute approximate surface area is 102 Å². The minimum atomic E-state index is 0.0447. The van der Waals surface area contributed by atoms with E-state index in [2.05, 4.69) is 22.3 Å². The van der Waals surface area contributed by atoms with Gasteiger partial charge in [-0.15, -0.1) is 11.3 Å². The molecule has 1 aromatic heterocycles. The highest BCUT2D eigenvalue weighted by atomic mass is 32.1. The van der Waals surface area contributed by atoms with E-state index in [0.29, 0.717) is 0 Å². The molecule has 1 aliphatic rings. The third kappa shape index (κ3) is 3.27. The van der Waals surface area contributed by atoms with Crippen molar-refractivity contribution in [3.63, 3.8) is 0 Å². The van der Waals surface area contributed by atoms with Gasteiger partial charge in [0.1, 0.15) is 0 Å². The van der Waals surface area contributed by atoms with E-state index in [1.165, 1.54) is 32.1 Å². The standard InChI is InChI=1S/C12H21N3S/c1-15(7-11-8-16-10-14-11)9-12(13)5-3-2-4-6-12/h8,10H,2-7,9,13H2,1H3. The molecule has 0 aromatic carbocycles. The van der Waals surface area contributed by atoms with E-state index < -0.39 is 0 Å². The lowest BCUT2D eigenvalue weighted by Gasteiger charge is -2.36. The Morgan fingerprint density at radius 3 is 2.81 bits per heavy atom. The van der Waals surface area contributed by atoms with Crippen LogP contribution < -0.4 is 5.73 Å². The average molecular weight is 239 g/mol. The largest absolute Gasteiger partial charge is 0.324 e. The molecule has 0 spiro atoms. The molecular weight excluding hydrogens is 218 g/mol. The first-order chi connectivity index (χ1) is 7.68. The molecular formula is C12H21N3S. The first-order valence-corrected chi connectivity index (χ1v) is 6.97. The molecule has 0 amide bonds. The van der Waals surface area contributed by atoms with E-state index >= 15 is 0 Å². The van der Waals surface area contributed by atoms with Crippen molar-refractivity contribution in [2.75, 3.05) is 13.6 Å². The van der Waals surface area contributed by atoms with Crippen LogP contribution in [0.15, 0.2) is 10.9 Å². The van der Waals surface area contributed by atoms with Gasteiger partial charge in [0.25, 0.3) is 0 Å². The first kappa shape index (κ1) is 12.0. The minimum Gasteiger partial charge on any atom is -0.324 e. The fourth-order valence-corrected chi connectivity index (χ4v) is 3.15. The van der Waals surface area contributed by atoms with Crippen LogP contribution >= 0.6 is 11.3 Å². The van der Waals surface area contributed by atoms with Crippen molar-refractivity contribution in [3.8, 4) is 0 Å². The Kier molecular flexibility index (Phi) is 3.95. The van der Waals surface area contributed by atoms with Gasteiger partial charge in [-0.1, -0.05) is 19.3 Å². The lowest BCUT2D eigenvalue weighted by molar-refractivity contribution is 0.192. The molecule has 1 aromatic rings. The van der Waals surface area contributed by atoms with Gasteiger partial charge in [-0.2, -0.15) is 0 Å². The summed E-state index contributed by atoms with van der Waals surface area (Å²) in [5.74, 6) is 0. The Bertz CT molecular complexity index is 304. The van der Waals surface area contributed by atoms with Crippen molar-refractivity contribution in [1.29, 1.82) is 0 Å². The van der Waals surface area contributed by atoms with Crippen molar-refractivity contribution in [2.24, 2.45) is 5.73 Å². The predicted molar refractivity (Wildman–Crippen MR) is 68.5 cm³/mol. The normalized spacial score (nSPS) is 20.2. The average Bonchev–Trinajstić information content (AvgIpc) is 2.70. The van der Waals surface area contributed by atoms with Crippen LogP contribution in [0.3, 0.4) is 0 Å². The molecule has 1 fully saturated rings. The van der Waals surface area contributed by atoms with Gasteiger partial charge >= 0.3 is 0 Å². The number of thiazole rings is 1. The van der Waals surface area contributed by atoms with E-state index in [1.54, 1.807) is 11.3 Å². The van der Waals surface area contributed by atoms with Gasteiger partial charge in [0.15, 0.2) is 0 Å². The molecule has 90 valence electrons. The predicted octanol–water partition coefficient (Wildman–Crippen LogP) is 2.24. The fraction of sp³-hybridized carbons (Fsp3) is 0.750. The smallest absolute Gasteiger partial charge is 0.0795 e. The molecule has 1 saturated carbocycles. The maximum atomic E-state index is 6.43. The van der Waals surface area contributed by atoms with Gasteiger partial charge in [-0.3, -0.25) is 4.90 Å². The Balaban J connectivity index is 1.84. The van der Waals surface area contributed by atoms with Crippen LogP contribution in [0.5, 0.6) is 0 Å².